The van der Waals surface area contributed by atoms with Crippen LogP contribution in [0.1, 0.15) is 30.9 Å². The van der Waals surface area contributed by atoms with Crippen molar-refractivity contribution >= 4 is 11.6 Å². The van der Waals surface area contributed by atoms with Crippen LogP contribution in [0, 0.1) is 5.82 Å². The predicted molar refractivity (Wildman–Crippen MR) is 87.4 cm³/mol. The molecular formula is C18H21ClFN. The van der Waals surface area contributed by atoms with Crippen molar-refractivity contribution in [2.45, 2.75) is 32.2 Å². The van der Waals surface area contributed by atoms with Gasteiger partial charge >= 0.3 is 0 Å². The molecule has 0 heterocycles. The summed E-state index contributed by atoms with van der Waals surface area (Å²) in [5, 5.41) is 4.02. The van der Waals surface area contributed by atoms with E-state index in [-0.39, 0.29) is 11.9 Å². The lowest BCUT2D eigenvalue weighted by Gasteiger charge is -2.26. The first-order chi connectivity index (χ1) is 10.1. The number of hydrogen-bond donors (Lipinski definition) is 1. The molecule has 112 valence electrons. The topological polar surface area (TPSA) is 12.0 Å². The number of rotatable bonds is 6. The summed E-state index contributed by atoms with van der Waals surface area (Å²) in [4.78, 5) is 0. The van der Waals surface area contributed by atoms with Crippen LogP contribution in [0.4, 0.5) is 4.39 Å². The zero-order valence-corrected chi connectivity index (χ0v) is 13.2. The molecule has 0 saturated carbocycles. The molecule has 0 aromatic heterocycles. The normalized spacial score (nSPS) is 13.9. The number of likely N-dealkylation sites (N-methyl/N-ethyl adjacent to an activating group) is 1. The van der Waals surface area contributed by atoms with Gasteiger partial charge in [0.25, 0.3) is 0 Å². The zero-order chi connectivity index (χ0) is 15.2. The second kappa shape index (κ2) is 7.58. The largest absolute Gasteiger partial charge is 0.313 e. The van der Waals surface area contributed by atoms with Gasteiger partial charge in [-0.2, -0.15) is 0 Å². The summed E-state index contributed by atoms with van der Waals surface area (Å²) >= 11 is 6.16. The molecule has 21 heavy (non-hydrogen) atoms. The third-order valence-electron chi connectivity index (χ3n) is 3.85. The van der Waals surface area contributed by atoms with E-state index in [1.54, 1.807) is 6.07 Å². The molecular weight excluding hydrogens is 285 g/mol. The van der Waals surface area contributed by atoms with Crippen LogP contribution in [-0.2, 0) is 6.42 Å². The Balaban J connectivity index is 2.19. The number of nitrogens with one attached hydrogen (secondary N) is 1. The second-order valence-corrected chi connectivity index (χ2v) is 5.71. The van der Waals surface area contributed by atoms with Crippen LogP contribution in [0.3, 0.4) is 0 Å². The van der Waals surface area contributed by atoms with Crippen molar-refractivity contribution in [1.82, 2.24) is 5.32 Å². The minimum absolute atomic E-state index is 0.264. The van der Waals surface area contributed by atoms with Gasteiger partial charge in [-0.15, -0.1) is 0 Å². The van der Waals surface area contributed by atoms with Crippen LogP contribution >= 0.6 is 11.6 Å². The molecule has 2 rings (SSSR count). The molecule has 0 aliphatic rings. The average Bonchev–Trinajstić information content (AvgIpc) is 2.49. The van der Waals surface area contributed by atoms with Gasteiger partial charge in [-0.3, -0.25) is 0 Å². The van der Waals surface area contributed by atoms with Crippen molar-refractivity contribution in [2.75, 3.05) is 6.54 Å². The lowest BCUT2D eigenvalue weighted by atomic mass is 9.89. The van der Waals surface area contributed by atoms with Crippen LogP contribution in [0.25, 0.3) is 0 Å². The summed E-state index contributed by atoms with van der Waals surface area (Å²) in [7, 11) is 0. The van der Waals surface area contributed by atoms with E-state index in [9.17, 15) is 4.39 Å². The van der Waals surface area contributed by atoms with Gasteiger partial charge in [0.05, 0.1) is 0 Å². The molecule has 0 amide bonds. The maximum Gasteiger partial charge on any atom is 0.124 e. The van der Waals surface area contributed by atoms with E-state index >= 15 is 0 Å². The highest BCUT2D eigenvalue weighted by molar-refractivity contribution is 6.31. The lowest BCUT2D eigenvalue weighted by Crippen LogP contribution is -2.35. The van der Waals surface area contributed by atoms with E-state index in [2.05, 4.69) is 43.4 Å². The fourth-order valence-corrected chi connectivity index (χ4v) is 2.85. The van der Waals surface area contributed by atoms with Crippen molar-refractivity contribution in [2.24, 2.45) is 0 Å². The molecule has 1 N–H and O–H groups in total. The van der Waals surface area contributed by atoms with E-state index in [0.717, 1.165) is 18.5 Å². The van der Waals surface area contributed by atoms with Gasteiger partial charge in [-0.05, 0) is 42.1 Å². The van der Waals surface area contributed by atoms with Gasteiger partial charge in [0.2, 0.25) is 0 Å². The molecule has 0 saturated heterocycles. The zero-order valence-electron chi connectivity index (χ0n) is 12.4. The molecule has 0 spiro atoms. The summed E-state index contributed by atoms with van der Waals surface area (Å²) in [6.07, 6.45) is 0.781. The van der Waals surface area contributed by atoms with Crippen LogP contribution in [0.2, 0.25) is 5.02 Å². The summed E-state index contributed by atoms with van der Waals surface area (Å²) in [6.45, 7) is 5.19. The molecule has 2 aromatic rings. The number of halogens is 2. The summed E-state index contributed by atoms with van der Waals surface area (Å²) < 4.78 is 13.2. The SMILES string of the molecule is CCNC(Cc1ccc(F)cc1Cl)C(C)c1ccccc1. The first kappa shape index (κ1) is 16.0. The van der Waals surface area contributed by atoms with Crippen LogP contribution < -0.4 is 5.32 Å². The van der Waals surface area contributed by atoms with Gasteiger partial charge < -0.3 is 5.32 Å². The molecule has 0 fully saturated rings. The molecule has 0 aliphatic heterocycles. The third-order valence-corrected chi connectivity index (χ3v) is 4.20. The van der Waals surface area contributed by atoms with Gasteiger partial charge in [-0.25, -0.2) is 4.39 Å². The number of hydrogen-bond acceptors (Lipinski definition) is 1. The number of benzene rings is 2. The van der Waals surface area contributed by atoms with Crippen molar-refractivity contribution in [3.63, 3.8) is 0 Å². The highest BCUT2D eigenvalue weighted by Gasteiger charge is 2.19. The van der Waals surface area contributed by atoms with Crippen molar-refractivity contribution in [3.05, 3.63) is 70.5 Å². The monoisotopic (exact) mass is 305 g/mol. The van der Waals surface area contributed by atoms with Gasteiger partial charge in [0, 0.05) is 11.1 Å². The van der Waals surface area contributed by atoms with Crippen LogP contribution in [-0.4, -0.2) is 12.6 Å². The van der Waals surface area contributed by atoms with E-state index in [0.29, 0.717) is 10.9 Å². The van der Waals surface area contributed by atoms with E-state index in [1.165, 1.54) is 17.7 Å². The minimum atomic E-state index is -0.292. The minimum Gasteiger partial charge on any atom is -0.313 e. The predicted octanol–water partition coefficient (Wildman–Crippen LogP) is 4.80. The van der Waals surface area contributed by atoms with Crippen LogP contribution in [0.5, 0.6) is 0 Å². The Bertz CT molecular complexity index is 571. The lowest BCUT2D eigenvalue weighted by molar-refractivity contribution is 0.458. The molecule has 0 aliphatic carbocycles. The van der Waals surface area contributed by atoms with Gasteiger partial charge in [0.1, 0.15) is 5.82 Å². The molecule has 2 unspecified atom stereocenters. The standard InChI is InChI=1S/C18H21ClFN/c1-3-21-18(13(2)14-7-5-4-6-8-14)11-15-9-10-16(20)12-17(15)19/h4-10,12-13,18,21H,3,11H2,1-2H3. The quantitative estimate of drug-likeness (QED) is 0.808. The Morgan fingerprint density at radius 1 is 1.14 bits per heavy atom. The van der Waals surface area contributed by atoms with Crippen molar-refractivity contribution < 1.29 is 4.39 Å². The van der Waals surface area contributed by atoms with E-state index in [1.807, 2.05) is 6.07 Å². The second-order valence-electron chi connectivity index (χ2n) is 5.30. The Hall–Kier alpha value is -1.38. The van der Waals surface area contributed by atoms with Crippen molar-refractivity contribution in [3.8, 4) is 0 Å². The summed E-state index contributed by atoms with van der Waals surface area (Å²) in [5.74, 6) is 0.0622. The van der Waals surface area contributed by atoms with E-state index in [4.69, 9.17) is 11.6 Å². The third kappa shape index (κ3) is 4.29. The Morgan fingerprint density at radius 2 is 1.86 bits per heavy atom. The molecule has 0 radical (unpaired) electrons. The molecule has 2 atom stereocenters. The van der Waals surface area contributed by atoms with E-state index < -0.39 is 0 Å². The highest BCUT2D eigenvalue weighted by Crippen LogP contribution is 2.25. The molecule has 0 bridgehead atoms. The average molecular weight is 306 g/mol. The molecule has 2 aromatic carbocycles. The fraction of sp³-hybridized carbons (Fsp3) is 0.333. The summed E-state index contributed by atoms with van der Waals surface area (Å²) in [5.41, 5.74) is 2.27. The Morgan fingerprint density at radius 3 is 2.48 bits per heavy atom. The summed E-state index contributed by atoms with van der Waals surface area (Å²) in [6, 6.07) is 15.3. The first-order valence-corrected chi connectivity index (χ1v) is 7.72. The molecule has 3 heteroatoms. The van der Waals surface area contributed by atoms with Crippen molar-refractivity contribution in [1.29, 1.82) is 0 Å². The maximum atomic E-state index is 13.2. The molecule has 1 nitrogen and oxygen atoms in total. The van der Waals surface area contributed by atoms with Gasteiger partial charge in [-0.1, -0.05) is 61.8 Å². The fourth-order valence-electron chi connectivity index (χ4n) is 2.60. The van der Waals surface area contributed by atoms with Gasteiger partial charge in [0.15, 0.2) is 0 Å². The Labute approximate surface area is 131 Å². The maximum absolute atomic E-state index is 13.2. The first-order valence-electron chi connectivity index (χ1n) is 7.34. The highest BCUT2D eigenvalue weighted by atomic mass is 35.5. The van der Waals surface area contributed by atoms with Crippen LogP contribution in [0.15, 0.2) is 48.5 Å². The smallest absolute Gasteiger partial charge is 0.124 e. The Kier molecular flexibility index (Phi) is 5.77.